The first-order valence-corrected chi connectivity index (χ1v) is 8.36. The fourth-order valence-electron chi connectivity index (χ4n) is 6.89. The zero-order valence-corrected chi connectivity index (χ0v) is 13.3. The first-order chi connectivity index (χ1) is 9.84. The second kappa shape index (κ2) is 4.83. The average Bonchev–Trinajstić information content (AvgIpc) is 2.32. The molecule has 5 heteroatoms. The second-order valence-electron chi connectivity index (χ2n) is 8.45. The van der Waals surface area contributed by atoms with Crippen molar-refractivity contribution in [3.63, 3.8) is 0 Å². The van der Waals surface area contributed by atoms with Crippen molar-refractivity contribution in [3.8, 4) is 0 Å². The van der Waals surface area contributed by atoms with E-state index in [1.165, 1.54) is 19.3 Å². The largest absolute Gasteiger partial charge is 0.330 e. The van der Waals surface area contributed by atoms with E-state index in [1.807, 2.05) is 6.92 Å². The molecule has 0 spiro atoms. The van der Waals surface area contributed by atoms with E-state index in [2.05, 4.69) is 6.92 Å². The number of nitrogens with two attached hydrogens (primary N) is 1. The molecule has 0 amide bonds. The molecule has 5 unspecified atom stereocenters. The summed E-state index contributed by atoms with van der Waals surface area (Å²) in [6.07, 6.45) is 8.65. The van der Waals surface area contributed by atoms with Gasteiger partial charge in [0.15, 0.2) is 0 Å². The molecule has 0 aromatic heterocycles. The lowest BCUT2D eigenvalue weighted by molar-refractivity contribution is -0.773. The number of nitrogens with zero attached hydrogens (tertiary/aromatic N) is 1. The molecule has 4 rings (SSSR count). The van der Waals surface area contributed by atoms with Crippen LogP contribution in [0.4, 0.5) is 0 Å². The van der Waals surface area contributed by atoms with E-state index in [0.29, 0.717) is 16.7 Å². The first-order valence-electron chi connectivity index (χ1n) is 8.36. The molecule has 0 heterocycles. The van der Waals surface area contributed by atoms with E-state index in [9.17, 15) is 10.1 Å². The van der Waals surface area contributed by atoms with E-state index in [-0.39, 0.29) is 11.5 Å². The van der Waals surface area contributed by atoms with Crippen molar-refractivity contribution in [2.45, 2.75) is 71.3 Å². The van der Waals surface area contributed by atoms with Crippen molar-refractivity contribution in [2.75, 3.05) is 6.54 Å². The summed E-state index contributed by atoms with van der Waals surface area (Å²) in [5.74, 6) is 0.710. The summed E-state index contributed by atoms with van der Waals surface area (Å²) in [5, 5.41) is 10.3. The fourth-order valence-corrected chi connectivity index (χ4v) is 6.89. The third kappa shape index (κ3) is 2.43. The molecule has 21 heavy (non-hydrogen) atoms. The SMILES string of the molecule is CCC(O[N+](=O)[O-])C12CC3CC(C)(CC(CCN)(C3)C1)C2. The van der Waals surface area contributed by atoms with E-state index in [4.69, 9.17) is 10.6 Å². The van der Waals surface area contributed by atoms with Crippen LogP contribution in [0.1, 0.15) is 65.2 Å². The molecule has 4 aliphatic rings. The highest BCUT2D eigenvalue weighted by Crippen LogP contribution is 2.71. The first kappa shape index (κ1) is 15.1. The van der Waals surface area contributed by atoms with Crippen molar-refractivity contribution < 1.29 is 9.92 Å². The van der Waals surface area contributed by atoms with Gasteiger partial charge in [-0.1, -0.05) is 13.8 Å². The minimum atomic E-state index is -0.579. The highest BCUT2D eigenvalue weighted by molar-refractivity contribution is 5.13. The number of hydrogen-bond acceptors (Lipinski definition) is 4. The van der Waals surface area contributed by atoms with Crippen LogP contribution >= 0.6 is 0 Å². The molecule has 5 nitrogen and oxygen atoms in total. The van der Waals surface area contributed by atoms with Crippen molar-refractivity contribution in [2.24, 2.45) is 27.9 Å². The Labute approximate surface area is 126 Å². The Balaban J connectivity index is 1.93. The second-order valence-corrected chi connectivity index (χ2v) is 8.45. The van der Waals surface area contributed by atoms with E-state index < -0.39 is 5.09 Å². The number of rotatable bonds is 6. The minimum absolute atomic E-state index is 0.00512. The normalized spacial score (nSPS) is 45.6. The predicted molar refractivity (Wildman–Crippen MR) is 80.0 cm³/mol. The van der Waals surface area contributed by atoms with Gasteiger partial charge in [-0.2, -0.15) is 0 Å². The quantitative estimate of drug-likeness (QED) is 0.602. The van der Waals surface area contributed by atoms with Crippen LogP contribution in [0, 0.1) is 32.3 Å². The Morgan fingerprint density at radius 3 is 2.67 bits per heavy atom. The number of hydrogen-bond donors (Lipinski definition) is 1. The molecule has 120 valence electrons. The maximum Gasteiger partial charge on any atom is 0.294 e. The molecule has 0 aromatic carbocycles. The minimum Gasteiger partial charge on any atom is -0.330 e. The van der Waals surface area contributed by atoms with Gasteiger partial charge in [-0.25, -0.2) is 0 Å². The Morgan fingerprint density at radius 2 is 2.10 bits per heavy atom. The summed E-state index contributed by atoms with van der Waals surface area (Å²) in [5.41, 5.74) is 6.54. The van der Waals surface area contributed by atoms with Crippen molar-refractivity contribution in [1.82, 2.24) is 0 Å². The van der Waals surface area contributed by atoms with Crippen LogP contribution in [-0.2, 0) is 4.84 Å². The van der Waals surface area contributed by atoms with Crippen LogP contribution in [0.5, 0.6) is 0 Å². The van der Waals surface area contributed by atoms with Crippen molar-refractivity contribution in [1.29, 1.82) is 0 Å². The molecule has 0 saturated heterocycles. The van der Waals surface area contributed by atoms with Gasteiger partial charge in [0.05, 0.1) is 0 Å². The van der Waals surface area contributed by atoms with Crippen LogP contribution in [-0.4, -0.2) is 17.7 Å². The summed E-state index contributed by atoms with van der Waals surface area (Å²) in [6.45, 7) is 5.13. The average molecular weight is 296 g/mol. The van der Waals surface area contributed by atoms with Crippen LogP contribution in [0.25, 0.3) is 0 Å². The van der Waals surface area contributed by atoms with Gasteiger partial charge >= 0.3 is 0 Å². The molecule has 0 aromatic rings. The third-order valence-corrected chi connectivity index (χ3v) is 6.45. The summed E-state index contributed by atoms with van der Waals surface area (Å²) >= 11 is 0. The van der Waals surface area contributed by atoms with Gasteiger partial charge in [0, 0.05) is 0 Å². The standard InChI is InChI=1S/C16H28N2O3/c1-3-13(21-18(19)20)16-8-12-6-14(2,10-16)9-15(7-12,11-16)4-5-17/h12-13H,3-11,17H2,1-2H3. The van der Waals surface area contributed by atoms with Gasteiger partial charge in [-0.05, 0) is 80.1 Å². The van der Waals surface area contributed by atoms with Gasteiger partial charge in [0.1, 0.15) is 6.10 Å². The summed E-state index contributed by atoms with van der Waals surface area (Å²) in [7, 11) is 0. The van der Waals surface area contributed by atoms with Crippen molar-refractivity contribution in [3.05, 3.63) is 10.1 Å². The van der Waals surface area contributed by atoms with Crippen LogP contribution in [0.3, 0.4) is 0 Å². The molecular weight excluding hydrogens is 268 g/mol. The van der Waals surface area contributed by atoms with Gasteiger partial charge in [-0.15, -0.1) is 10.1 Å². The molecule has 4 bridgehead atoms. The van der Waals surface area contributed by atoms with E-state index in [1.54, 1.807) is 0 Å². The molecule has 0 aliphatic heterocycles. The molecule has 4 saturated carbocycles. The molecule has 4 aliphatic carbocycles. The lowest BCUT2D eigenvalue weighted by atomic mass is 9.38. The third-order valence-electron chi connectivity index (χ3n) is 6.45. The Bertz CT molecular complexity index is 443. The maximum absolute atomic E-state index is 10.9. The van der Waals surface area contributed by atoms with Crippen molar-refractivity contribution >= 4 is 0 Å². The molecular formula is C16H28N2O3. The lowest BCUT2D eigenvalue weighted by Crippen LogP contribution is -2.60. The van der Waals surface area contributed by atoms with Crippen LogP contribution < -0.4 is 5.73 Å². The summed E-state index contributed by atoms with van der Waals surface area (Å²) < 4.78 is 0. The maximum atomic E-state index is 10.9. The predicted octanol–water partition coefficient (Wildman–Crippen LogP) is 3.30. The van der Waals surface area contributed by atoms with E-state index >= 15 is 0 Å². The monoisotopic (exact) mass is 296 g/mol. The molecule has 0 radical (unpaired) electrons. The van der Waals surface area contributed by atoms with Crippen LogP contribution in [0.15, 0.2) is 0 Å². The van der Waals surface area contributed by atoms with Crippen LogP contribution in [0.2, 0.25) is 0 Å². The Hall–Kier alpha value is -0.840. The van der Waals surface area contributed by atoms with Gasteiger partial charge < -0.3 is 10.6 Å². The summed E-state index contributed by atoms with van der Waals surface area (Å²) in [6, 6.07) is 0. The molecule has 4 fully saturated rings. The van der Waals surface area contributed by atoms with Gasteiger partial charge in [0.2, 0.25) is 0 Å². The van der Waals surface area contributed by atoms with E-state index in [0.717, 1.165) is 38.6 Å². The summed E-state index contributed by atoms with van der Waals surface area (Å²) in [4.78, 5) is 16.1. The smallest absolute Gasteiger partial charge is 0.294 e. The fraction of sp³-hybridized carbons (Fsp3) is 1.00. The van der Waals surface area contributed by atoms with Gasteiger partial charge in [0.25, 0.3) is 5.09 Å². The highest BCUT2D eigenvalue weighted by atomic mass is 17.0. The zero-order valence-electron chi connectivity index (χ0n) is 13.3. The topological polar surface area (TPSA) is 78.4 Å². The molecule has 5 atom stereocenters. The zero-order chi connectivity index (χ0) is 15.3. The lowest BCUT2D eigenvalue weighted by Gasteiger charge is -2.67. The molecule has 2 N–H and O–H groups in total. The highest BCUT2D eigenvalue weighted by Gasteiger charge is 2.63. The Morgan fingerprint density at radius 1 is 1.33 bits per heavy atom. The Kier molecular flexibility index (Phi) is 3.47. The van der Waals surface area contributed by atoms with Gasteiger partial charge in [-0.3, -0.25) is 0 Å².